The minimum Gasteiger partial charge on any atom is -0.329 e. The third kappa shape index (κ3) is 4.39. The van der Waals surface area contributed by atoms with E-state index in [2.05, 4.69) is 0 Å². The lowest BCUT2D eigenvalue weighted by Gasteiger charge is -2.23. The maximum atomic E-state index is 11.5. The Morgan fingerprint density at radius 3 is 2.14 bits per heavy atom. The van der Waals surface area contributed by atoms with Crippen LogP contribution in [0, 0.1) is 0 Å². The van der Waals surface area contributed by atoms with Gasteiger partial charge >= 0.3 is 0 Å². The molecule has 0 aromatic rings. The van der Waals surface area contributed by atoms with Crippen LogP contribution in [-0.2, 0) is 9.84 Å². The summed E-state index contributed by atoms with van der Waals surface area (Å²) in [6.07, 6.45) is 0. The Hall–Kier alpha value is -0.130. The molecule has 0 spiro atoms. The minimum atomic E-state index is -2.92. The number of hydrogen-bond acceptors (Lipinski definition) is 4. The van der Waals surface area contributed by atoms with Gasteiger partial charge in [-0.25, -0.2) is 8.42 Å². The molecule has 86 valence electrons. The van der Waals surface area contributed by atoms with Gasteiger partial charge in [0.2, 0.25) is 0 Å². The molecule has 4 nitrogen and oxygen atoms in total. The van der Waals surface area contributed by atoms with E-state index in [0.717, 1.165) is 0 Å². The number of rotatable bonds is 6. The maximum absolute atomic E-state index is 11.5. The maximum Gasteiger partial charge on any atom is 0.153 e. The average Bonchev–Trinajstić information content (AvgIpc) is 2.12. The molecule has 0 aliphatic carbocycles. The van der Waals surface area contributed by atoms with Crippen molar-refractivity contribution in [2.45, 2.75) is 32.1 Å². The van der Waals surface area contributed by atoms with Crippen molar-refractivity contribution in [3.05, 3.63) is 0 Å². The molecule has 0 saturated carbocycles. The van der Waals surface area contributed by atoms with Crippen LogP contribution in [0.15, 0.2) is 0 Å². The van der Waals surface area contributed by atoms with E-state index >= 15 is 0 Å². The molecule has 1 unspecified atom stereocenters. The van der Waals surface area contributed by atoms with E-state index in [0.29, 0.717) is 13.1 Å². The minimum absolute atomic E-state index is 0.214. The zero-order valence-electron chi connectivity index (χ0n) is 9.53. The van der Waals surface area contributed by atoms with Crippen LogP contribution < -0.4 is 5.73 Å². The third-order valence-corrected chi connectivity index (χ3v) is 4.73. The van der Waals surface area contributed by atoms with Crippen LogP contribution in [-0.4, -0.2) is 50.5 Å². The van der Waals surface area contributed by atoms with Crippen LogP contribution in [0.3, 0.4) is 0 Å². The lowest BCUT2D eigenvalue weighted by molar-refractivity contribution is 0.277. The fourth-order valence-corrected chi connectivity index (χ4v) is 1.92. The Bertz CT molecular complexity index is 250. The molecule has 0 bridgehead atoms. The molecular weight excluding hydrogens is 200 g/mol. The number of nitrogens with two attached hydrogens (primary N) is 1. The Morgan fingerprint density at radius 2 is 1.79 bits per heavy atom. The van der Waals surface area contributed by atoms with E-state index in [-0.39, 0.29) is 17.0 Å². The standard InChI is InChI=1S/C9H22N2O2S/c1-8(2)14(12,13)6-5-11(4)9(3)7-10/h8-9H,5-7,10H2,1-4H3. The predicted molar refractivity (Wildman–Crippen MR) is 60.1 cm³/mol. The molecule has 0 saturated heterocycles. The van der Waals surface area contributed by atoms with Crippen molar-refractivity contribution < 1.29 is 8.42 Å². The second-order valence-corrected chi connectivity index (χ2v) is 6.66. The lowest BCUT2D eigenvalue weighted by Crippen LogP contribution is -2.39. The van der Waals surface area contributed by atoms with Crippen LogP contribution in [0.2, 0.25) is 0 Å². The highest BCUT2D eigenvalue weighted by Gasteiger charge is 2.17. The van der Waals surface area contributed by atoms with E-state index in [9.17, 15) is 8.42 Å². The first-order valence-corrected chi connectivity index (χ1v) is 6.64. The van der Waals surface area contributed by atoms with Crippen LogP contribution in [0.25, 0.3) is 0 Å². The van der Waals surface area contributed by atoms with Gasteiger partial charge in [-0.05, 0) is 27.8 Å². The van der Waals surface area contributed by atoms with Crippen molar-refractivity contribution in [3.8, 4) is 0 Å². The summed E-state index contributed by atoms with van der Waals surface area (Å²) in [4.78, 5) is 1.97. The fourth-order valence-electron chi connectivity index (χ4n) is 0.907. The van der Waals surface area contributed by atoms with Crippen LogP contribution in [0.1, 0.15) is 20.8 Å². The van der Waals surface area contributed by atoms with Crippen LogP contribution in [0.4, 0.5) is 0 Å². The molecule has 0 heterocycles. The lowest BCUT2D eigenvalue weighted by atomic mass is 10.3. The first-order chi connectivity index (χ1) is 6.31. The molecule has 14 heavy (non-hydrogen) atoms. The van der Waals surface area contributed by atoms with Gasteiger partial charge in [-0.3, -0.25) is 0 Å². The Kier molecular flexibility index (Phi) is 5.63. The molecule has 0 aliphatic rings. The van der Waals surface area contributed by atoms with Crippen molar-refractivity contribution in [3.63, 3.8) is 0 Å². The van der Waals surface area contributed by atoms with Gasteiger partial charge in [-0.1, -0.05) is 0 Å². The van der Waals surface area contributed by atoms with Gasteiger partial charge < -0.3 is 10.6 Å². The molecule has 2 N–H and O–H groups in total. The molecule has 5 heteroatoms. The summed E-state index contributed by atoms with van der Waals surface area (Å²) in [6.45, 7) is 6.52. The summed E-state index contributed by atoms with van der Waals surface area (Å²) in [5, 5.41) is -0.288. The summed E-state index contributed by atoms with van der Waals surface area (Å²) in [5.41, 5.74) is 5.48. The topological polar surface area (TPSA) is 63.4 Å². The highest BCUT2D eigenvalue weighted by molar-refractivity contribution is 7.92. The van der Waals surface area contributed by atoms with Crippen molar-refractivity contribution in [1.82, 2.24) is 4.90 Å². The van der Waals surface area contributed by atoms with Gasteiger partial charge in [-0.2, -0.15) is 0 Å². The first kappa shape index (κ1) is 13.9. The van der Waals surface area contributed by atoms with Gasteiger partial charge in [0.05, 0.1) is 11.0 Å². The molecule has 0 fully saturated rings. The van der Waals surface area contributed by atoms with Crippen molar-refractivity contribution in [2.24, 2.45) is 5.73 Å². The summed E-state index contributed by atoms with van der Waals surface area (Å²) in [5.74, 6) is 0.214. The largest absolute Gasteiger partial charge is 0.329 e. The van der Waals surface area contributed by atoms with E-state index in [4.69, 9.17) is 5.73 Å². The fraction of sp³-hybridized carbons (Fsp3) is 1.00. The van der Waals surface area contributed by atoms with Gasteiger partial charge in [0.1, 0.15) is 0 Å². The Labute approximate surface area is 87.4 Å². The second kappa shape index (κ2) is 5.68. The Morgan fingerprint density at radius 1 is 1.29 bits per heavy atom. The van der Waals surface area contributed by atoms with Crippen molar-refractivity contribution in [1.29, 1.82) is 0 Å². The van der Waals surface area contributed by atoms with Gasteiger partial charge in [-0.15, -0.1) is 0 Å². The monoisotopic (exact) mass is 222 g/mol. The van der Waals surface area contributed by atoms with Crippen molar-refractivity contribution in [2.75, 3.05) is 25.9 Å². The van der Waals surface area contributed by atoms with E-state index in [1.165, 1.54) is 0 Å². The molecule has 0 aromatic carbocycles. The van der Waals surface area contributed by atoms with Crippen LogP contribution in [0.5, 0.6) is 0 Å². The molecule has 0 rings (SSSR count). The highest BCUT2D eigenvalue weighted by Crippen LogP contribution is 2.02. The quantitative estimate of drug-likeness (QED) is 0.692. The van der Waals surface area contributed by atoms with Crippen LogP contribution >= 0.6 is 0 Å². The molecule has 0 aromatic heterocycles. The van der Waals surface area contributed by atoms with Gasteiger partial charge in [0.25, 0.3) is 0 Å². The summed E-state index contributed by atoms with van der Waals surface area (Å²) in [6, 6.07) is 0.234. The highest BCUT2D eigenvalue weighted by atomic mass is 32.2. The SMILES string of the molecule is CC(CN)N(C)CCS(=O)(=O)C(C)C. The zero-order chi connectivity index (χ0) is 11.4. The van der Waals surface area contributed by atoms with E-state index in [1.807, 2.05) is 18.9 Å². The number of hydrogen-bond donors (Lipinski definition) is 1. The predicted octanol–water partition coefficient (Wildman–Crippen LogP) is 0.0886. The summed E-state index contributed by atoms with van der Waals surface area (Å²) >= 11 is 0. The smallest absolute Gasteiger partial charge is 0.153 e. The molecule has 0 aliphatic heterocycles. The molecule has 0 amide bonds. The van der Waals surface area contributed by atoms with E-state index < -0.39 is 9.84 Å². The number of nitrogens with zero attached hydrogens (tertiary/aromatic N) is 1. The number of likely N-dealkylation sites (N-methyl/N-ethyl adjacent to an activating group) is 1. The van der Waals surface area contributed by atoms with E-state index in [1.54, 1.807) is 13.8 Å². The third-order valence-electron chi connectivity index (χ3n) is 2.54. The number of sulfone groups is 1. The summed E-state index contributed by atoms with van der Waals surface area (Å²) < 4.78 is 23.0. The van der Waals surface area contributed by atoms with Crippen molar-refractivity contribution >= 4 is 9.84 Å². The summed E-state index contributed by atoms with van der Waals surface area (Å²) in [7, 11) is -1.02. The first-order valence-electron chi connectivity index (χ1n) is 4.93. The Balaban J connectivity index is 4.07. The molecule has 0 radical (unpaired) electrons. The average molecular weight is 222 g/mol. The normalized spacial score (nSPS) is 15.1. The molecular formula is C9H22N2O2S. The second-order valence-electron chi connectivity index (χ2n) is 3.98. The van der Waals surface area contributed by atoms with Gasteiger partial charge in [0.15, 0.2) is 9.84 Å². The van der Waals surface area contributed by atoms with Gasteiger partial charge in [0, 0.05) is 19.1 Å². The zero-order valence-corrected chi connectivity index (χ0v) is 10.3. The molecule has 1 atom stereocenters.